The van der Waals surface area contributed by atoms with Crippen molar-refractivity contribution in [2.24, 2.45) is 0 Å². The molecule has 2 rings (SSSR count). The molecular weight excluding hydrogens is 316 g/mol. The molecule has 7 nitrogen and oxygen atoms in total. The van der Waals surface area contributed by atoms with Crippen molar-refractivity contribution in [1.82, 2.24) is 14.8 Å². The SMILES string of the molecule is COC(=O)Cn1ncc(NCc2ncc(C)s2)c(Cl)c1=O. The van der Waals surface area contributed by atoms with Gasteiger partial charge in [0.05, 0.1) is 25.5 Å². The highest BCUT2D eigenvalue weighted by Crippen LogP contribution is 2.18. The number of halogens is 1. The first-order valence-corrected chi connectivity index (χ1v) is 7.18. The Morgan fingerprint density at radius 3 is 2.90 bits per heavy atom. The number of hydrogen-bond donors (Lipinski definition) is 1. The molecule has 0 spiro atoms. The van der Waals surface area contributed by atoms with Crippen LogP contribution in [0.4, 0.5) is 5.69 Å². The molecule has 112 valence electrons. The Hall–Kier alpha value is -1.93. The number of carbonyl (C=O) groups excluding carboxylic acids is 1. The van der Waals surface area contributed by atoms with Crippen molar-refractivity contribution in [2.75, 3.05) is 12.4 Å². The van der Waals surface area contributed by atoms with Gasteiger partial charge in [-0.3, -0.25) is 9.59 Å². The van der Waals surface area contributed by atoms with E-state index in [1.54, 1.807) is 17.5 Å². The molecule has 0 aliphatic carbocycles. The third kappa shape index (κ3) is 3.79. The van der Waals surface area contributed by atoms with E-state index in [9.17, 15) is 9.59 Å². The molecule has 2 aromatic rings. The summed E-state index contributed by atoms with van der Waals surface area (Å²) in [6.45, 7) is 2.13. The molecule has 1 N–H and O–H groups in total. The van der Waals surface area contributed by atoms with Gasteiger partial charge in [-0.15, -0.1) is 11.3 Å². The number of carbonyl (C=O) groups is 1. The maximum absolute atomic E-state index is 12.0. The van der Waals surface area contributed by atoms with Crippen molar-refractivity contribution in [1.29, 1.82) is 0 Å². The molecule has 0 amide bonds. The van der Waals surface area contributed by atoms with E-state index in [0.29, 0.717) is 12.2 Å². The summed E-state index contributed by atoms with van der Waals surface area (Å²) in [5.74, 6) is -0.570. The van der Waals surface area contributed by atoms with Crippen LogP contribution in [0.15, 0.2) is 17.2 Å². The topological polar surface area (TPSA) is 86.1 Å². The zero-order chi connectivity index (χ0) is 15.4. The Morgan fingerprint density at radius 2 is 2.29 bits per heavy atom. The van der Waals surface area contributed by atoms with Crippen LogP contribution in [0.1, 0.15) is 9.88 Å². The van der Waals surface area contributed by atoms with Gasteiger partial charge in [-0.1, -0.05) is 11.6 Å². The molecule has 21 heavy (non-hydrogen) atoms. The van der Waals surface area contributed by atoms with Gasteiger partial charge >= 0.3 is 5.97 Å². The third-order valence-corrected chi connectivity index (χ3v) is 3.87. The van der Waals surface area contributed by atoms with Crippen LogP contribution in [-0.2, 0) is 22.6 Å². The Balaban J connectivity index is 2.13. The van der Waals surface area contributed by atoms with Crippen molar-refractivity contribution < 1.29 is 9.53 Å². The van der Waals surface area contributed by atoms with Crippen LogP contribution in [0.3, 0.4) is 0 Å². The molecule has 0 saturated carbocycles. The maximum atomic E-state index is 12.0. The lowest BCUT2D eigenvalue weighted by Gasteiger charge is -2.08. The molecule has 2 heterocycles. The minimum atomic E-state index is -0.570. The predicted octanol–water partition coefficient (Wildman–Crippen LogP) is 1.45. The molecule has 0 aliphatic heterocycles. The first kappa shape index (κ1) is 15.5. The molecule has 2 aromatic heterocycles. The van der Waals surface area contributed by atoms with Crippen LogP contribution < -0.4 is 10.9 Å². The van der Waals surface area contributed by atoms with Crippen molar-refractivity contribution in [3.63, 3.8) is 0 Å². The molecule has 0 radical (unpaired) electrons. The number of nitrogens with one attached hydrogen (secondary N) is 1. The molecule has 0 unspecified atom stereocenters. The average molecular weight is 329 g/mol. The number of ether oxygens (including phenoxy) is 1. The van der Waals surface area contributed by atoms with Gasteiger partial charge in [0.25, 0.3) is 5.56 Å². The van der Waals surface area contributed by atoms with Gasteiger partial charge < -0.3 is 10.1 Å². The summed E-state index contributed by atoms with van der Waals surface area (Å²) in [4.78, 5) is 28.4. The molecule has 0 aliphatic rings. The highest BCUT2D eigenvalue weighted by molar-refractivity contribution is 7.11. The lowest BCUT2D eigenvalue weighted by Crippen LogP contribution is -2.28. The summed E-state index contributed by atoms with van der Waals surface area (Å²) in [6.07, 6.45) is 3.17. The number of nitrogens with zero attached hydrogens (tertiary/aromatic N) is 3. The van der Waals surface area contributed by atoms with Gasteiger partial charge in [0.15, 0.2) is 0 Å². The van der Waals surface area contributed by atoms with Gasteiger partial charge in [-0.05, 0) is 6.92 Å². The number of aromatic nitrogens is 3. The number of aryl methyl sites for hydroxylation is 1. The minimum absolute atomic E-state index is 0.0258. The molecular formula is C12H13ClN4O3S. The van der Waals surface area contributed by atoms with E-state index in [0.717, 1.165) is 14.6 Å². The third-order valence-electron chi connectivity index (χ3n) is 2.59. The summed E-state index contributed by atoms with van der Waals surface area (Å²) in [5, 5.41) is 7.74. The van der Waals surface area contributed by atoms with Gasteiger partial charge in [-0.2, -0.15) is 5.10 Å². The number of thiazole rings is 1. The van der Waals surface area contributed by atoms with Gasteiger partial charge in [0.2, 0.25) is 0 Å². The number of rotatable bonds is 5. The summed E-state index contributed by atoms with van der Waals surface area (Å²) in [6, 6.07) is 0. The zero-order valence-corrected chi connectivity index (χ0v) is 13.0. The molecule has 9 heteroatoms. The molecule has 0 atom stereocenters. The second-order valence-electron chi connectivity index (χ2n) is 4.13. The highest BCUT2D eigenvalue weighted by Gasteiger charge is 2.12. The Labute approximate surface area is 129 Å². The van der Waals surface area contributed by atoms with E-state index in [4.69, 9.17) is 11.6 Å². The standard InChI is InChI=1S/C12H13ClN4O3S/c1-7-3-15-9(21-7)5-14-8-4-16-17(6-10(18)20-2)12(19)11(8)13/h3-4,14H,5-6H2,1-2H3. The summed E-state index contributed by atoms with van der Waals surface area (Å²) < 4.78 is 5.43. The van der Waals surface area contributed by atoms with Crippen molar-refractivity contribution in [3.05, 3.63) is 37.7 Å². The maximum Gasteiger partial charge on any atom is 0.327 e. The van der Waals surface area contributed by atoms with Crippen LogP contribution in [0.25, 0.3) is 0 Å². The van der Waals surface area contributed by atoms with Gasteiger partial charge in [0, 0.05) is 11.1 Å². The number of methoxy groups -OCH3 is 1. The Bertz CT molecular complexity index is 713. The summed E-state index contributed by atoms with van der Waals surface area (Å²) in [5.41, 5.74) is -0.155. The van der Waals surface area contributed by atoms with E-state index >= 15 is 0 Å². The van der Waals surface area contributed by atoms with Crippen LogP contribution in [0.5, 0.6) is 0 Å². The zero-order valence-electron chi connectivity index (χ0n) is 11.4. The first-order valence-electron chi connectivity index (χ1n) is 5.99. The van der Waals surface area contributed by atoms with E-state index < -0.39 is 11.5 Å². The fourth-order valence-corrected chi connectivity index (χ4v) is 2.48. The Morgan fingerprint density at radius 1 is 1.52 bits per heavy atom. The van der Waals surface area contributed by atoms with Crippen LogP contribution >= 0.6 is 22.9 Å². The van der Waals surface area contributed by atoms with E-state index in [1.807, 2.05) is 6.92 Å². The predicted molar refractivity (Wildman–Crippen MR) is 79.7 cm³/mol. The van der Waals surface area contributed by atoms with E-state index in [2.05, 4.69) is 20.1 Å². The quantitative estimate of drug-likeness (QED) is 0.836. The first-order chi connectivity index (χ1) is 10.0. The van der Waals surface area contributed by atoms with Crippen molar-refractivity contribution in [3.8, 4) is 0 Å². The number of esters is 1. The Kier molecular flexibility index (Phi) is 4.92. The fourth-order valence-electron chi connectivity index (χ4n) is 1.54. The van der Waals surface area contributed by atoms with Crippen molar-refractivity contribution in [2.45, 2.75) is 20.0 Å². The van der Waals surface area contributed by atoms with Crippen LogP contribution in [0, 0.1) is 6.92 Å². The van der Waals surface area contributed by atoms with E-state index in [1.165, 1.54) is 13.3 Å². The largest absolute Gasteiger partial charge is 0.468 e. The fraction of sp³-hybridized carbons (Fsp3) is 0.333. The van der Waals surface area contributed by atoms with Crippen molar-refractivity contribution >= 4 is 34.6 Å². The van der Waals surface area contributed by atoms with Crippen LogP contribution in [0.2, 0.25) is 5.02 Å². The number of anilines is 1. The second kappa shape index (κ2) is 6.68. The molecule has 0 saturated heterocycles. The second-order valence-corrected chi connectivity index (χ2v) is 5.83. The number of hydrogen-bond acceptors (Lipinski definition) is 7. The average Bonchev–Trinajstić information content (AvgIpc) is 2.88. The minimum Gasteiger partial charge on any atom is -0.468 e. The molecule has 0 bridgehead atoms. The van der Waals surface area contributed by atoms with E-state index in [-0.39, 0.29) is 11.6 Å². The van der Waals surface area contributed by atoms with Gasteiger partial charge in [0.1, 0.15) is 16.6 Å². The lowest BCUT2D eigenvalue weighted by atomic mass is 10.4. The normalized spacial score (nSPS) is 10.4. The van der Waals surface area contributed by atoms with Crippen LogP contribution in [-0.4, -0.2) is 27.8 Å². The lowest BCUT2D eigenvalue weighted by molar-refractivity contribution is -0.141. The summed E-state index contributed by atoms with van der Waals surface area (Å²) >= 11 is 7.54. The smallest absolute Gasteiger partial charge is 0.327 e. The highest BCUT2D eigenvalue weighted by atomic mass is 35.5. The molecule has 0 fully saturated rings. The summed E-state index contributed by atoms with van der Waals surface area (Å²) in [7, 11) is 1.24. The monoisotopic (exact) mass is 328 g/mol. The van der Waals surface area contributed by atoms with Gasteiger partial charge in [-0.25, -0.2) is 9.67 Å². The molecule has 0 aromatic carbocycles.